The van der Waals surface area contributed by atoms with Gasteiger partial charge in [0.05, 0.1) is 12.0 Å². The summed E-state index contributed by atoms with van der Waals surface area (Å²) in [4.78, 5) is 26.1. The largest absolute Gasteiger partial charge is 0.467 e. The van der Waals surface area contributed by atoms with Crippen LogP contribution >= 0.6 is 0 Å². The first kappa shape index (κ1) is 22.3. The molecule has 35 heavy (non-hydrogen) atoms. The van der Waals surface area contributed by atoms with Crippen LogP contribution in [0.1, 0.15) is 45.5 Å². The quantitative estimate of drug-likeness (QED) is 0.365. The number of furan rings is 1. The van der Waals surface area contributed by atoms with E-state index >= 15 is 0 Å². The Morgan fingerprint density at radius 2 is 1.77 bits per heavy atom. The number of nitrogens with zero attached hydrogens (tertiary/aromatic N) is 3. The molecule has 0 spiro atoms. The maximum absolute atomic E-state index is 13.2. The van der Waals surface area contributed by atoms with E-state index in [0.717, 1.165) is 16.8 Å². The molecule has 8 heteroatoms. The molecule has 1 amide bonds. The highest BCUT2D eigenvalue weighted by molar-refractivity contribution is 6.03. The Bertz CT molecular complexity index is 1370. The molecule has 0 aliphatic carbocycles. The average molecular weight is 469 g/mol. The molecular weight excluding hydrogens is 446 g/mol. The number of ether oxygens (including phenoxy) is 1. The molecule has 0 saturated carbocycles. The summed E-state index contributed by atoms with van der Waals surface area (Å²) in [7, 11) is 0. The van der Waals surface area contributed by atoms with E-state index in [4.69, 9.17) is 13.7 Å². The number of hydrazone groups is 1. The minimum Gasteiger partial charge on any atom is -0.467 e. The second kappa shape index (κ2) is 9.42. The van der Waals surface area contributed by atoms with Crippen LogP contribution in [0, 0.1) is 13.8 Å². The van der Waals surface area contributed by atoms with Gasteiger partial charge in [0.2, 0.25) is 0 Å². The number of aromatic nitrogens is 1. The van der Waals surface area contributed by atoms with E-state index in [9.17, 15) is 9.59 Å². The zero-order valence-electron chi connectivity index (χ0n) is 19.3. The van der Waals surface area contributed by atoms with E-state index in [-0.39, 0.29) is 5.56 Å². The predicted molar refractivity (Wildman–Crippen MR) is 128 cm³/mol. The molecule has 2 aromatic carbocycles. The molecule has 0 unspecified atom stereocenters. The SMILES string of the molecule is Cc1ccc(C2=NN(C(=O)COC(=O)c3c(-c4ccccc4)noc3C)[C@@H](c3ccco3)C2)cc1. The summed E-state index contributed by atoms with van der Waals surface area (Å²) in [6.07, 6.45) is 2.04. The van der Waals surface area contributed by atoms with Crippen LogP contribution in [0.5, 0.6) is 0 Å². The van der Waals surface area contributed by atoms with Gasteiger partial charge in [-0.2, -0.15) is 5.10 Å². The fraction of sp³-hybridized carbons (Fsp3) is 0.185. The molecule has 5 rings (SSSR count). The number of carbonyl (C=O) groups excluding carboxylic acids is 2. The van der Waals surface area contributed by atoms with Gasteiger partial charge in [0.1, 0.15) is 28.8 Å². The first-order chi connectivity index (χ1) is 17.0. The van der Waals surface area contributed by atoms with Gasteiger partial charge in [-0.3, -0.25) is 4.79 Å². The van der Waals surface area contributed by atoms with Crippen molar-refractivity contribution < 1.29 is 23.3 Å². The van der Waals surface area contributed by atoms with Gasteiger partial charge in [-0.15, -0.1) is 0 Å². The van der Waals surface area contributed by atoms with Crippen molar-refractivity contribution in [3.8, 4) is 11.3 Å². The van der Waals surface area contributed by atoms with Crippen molar-refractivity contribution in [2.45, 2.75) is 26.3 Å². The molecule has 0 radical (unpaired) electrons. The lowest BCUT2D eigenvalue weighted by Gasteiger charge is -2.19. The molecule has 0 N–H and O–H groups in total. The number of esters is 1. The standard InChI is InChI=1S/C27H23N3O5/c1-17-10-12-19(13-11-17)21-15-22(23-9-6-14-33-23)30(28-21)24(31)16-34-27(32)25-18(2)35-29-26(25)20-7-4-3-5-8-20/h3-14,22H,15-16H2,1-2H3/t22-/m1/s1. The molecule has 1 atom stereocenters. The molecule has 0 bridgehead atoms. The molecule has 8 nitrogen and oxygen atoms in total. The Morgan fingerprint density at radius 3 is 2.49 bits per heavy atom. The molecule has 0 saturated heterocycles. The maximum atomic E-state index is 13.2. The van der Waals surface area contributed by atoms with Gasteiger partial charge < -0.3 is 13.7 Å². The van der Waals surface area contributed by atoms with Crippen molar-refractivity contribution in [1.82, 2.24) is 10.2 Å². The molecule has 3 heterocycles. The first-order valence-electron chi connectivity index (χ1n) is 11.2. The average Bonchev–Trinajstić information content (AvgIpc) is 3.63. The summed E-state index contributed by atoms with van der Waals surface area (Å²) >= 11 is 0. The van der Waals surface area contributed by atoms with Gasteiger partial charge in [0.15, 0.2) is 6.61 Å². The van der Waals surface area contributed by atoms with E-state index in [1.165, 1.54) is 5.01 Å². The summed E-state index contributed by atoms with van der Waals surface area (Å²) in [5.74, 6) is -0.225. The first-order valence-corrected chi connectivity index (χ1v) is 11.2. The lowest BCUT2D eigenvalue weighted by atomic mass is 10.0. The fourth-order valence-corrected chi connectivity index (χ4v) is 4.03. The summed E-state index contributed by atoms with van der Waals surface area (Å²) in [5, 5.41) is 9.90. The number of carbonyl (C=O) groups is 2. The van der Waals surface area contributed by atoms with Crippen LogP contribution in [0.15, 0.2) is 87.0 Å². The predicted octanol–water partition coefficient (Wildman–Crippen LogP) is 5.09. The highest BCUT2D eigenvalue weighted by Crippen LogP contribution is 2.33. The number of benzene rings is 2. The second-order valence-corrected chi connectivity index (χ2v) is 8.29. The third kappa shape index (κ3) is 4.50. The fourth-order valence-electron chi connectivity index (χ4n) is 4.03. The third-order valence-electron chi connectivity index (χ3n) is 5.86. The van der Waals surface area contributed by atoms with Crippen LogP contribution in [0.3, 0.4) is 0 Å². The minimum absolute atomic E-state index is 0.192. The number of hydrogen-bond acceptors (Lipinski definition) is 7. The molecule has 2 aromatic heterocycles. The zero-order valence-corrected chi connectivity index (χ0v) is 19.3. The number of hydrogen-bond donors (Lipinski definition) is 0. The van der Waals surface area contributed by atoms with Crippen LogP contribution < -0.4 is 0 Å². The molecule has 1 aliphatic rings. The number of amides is 1. The Hall–Kier alpha value is -4.46. The van der Waals surface area contributed by atoms with Gasteiger partial charge >= 0.3 is 5.97 Å². The number of aryl methyl sites for hydroxylation is 2. The topological polar surface area (TPSA) is 98.1 Å². The van der Waals surface area contributed by atoms with Gasteiger partial charge in [-0.05, 0) is 31.5 Å². The van der Waals surface area contributed by atoms with Gasteiger partial charge in [-0.1, -0.05) is 65.3 Å². The Balaban J connectivity index is 1.35. The van der Waals surface area contributed by atoms with Crippen LogP contribution in [0.2, 0.25) is 0 Å². The van der Waals surface area contributed by atoms with Crippen molar-refractivity contribution in [2.75, 3.05) is 6.61 Å². The van der Waals surface area contributed by atoms with Gasteiger partial charge in [-0.25, -0.2) is 9.80 Å². The van der Waals surface area contributed by atoms with E-state index in [1.807, 2.05) is 61.5 Å². The molecule has 4 aromatic rings. The van der Waals surface area contributed by atoms with Crippen molar-refractivity contribution in [1.29, 1.82) is 0 Å². The Morgan fingerprint density at radius 1 is 1.00 bits per heavy atom. The van der Waals surface area contributed by atoms with Crippen molar-refractivity contribution in [3.63, 3.8) is 0 Å². The Labute approximate surface area is 201 Å². The minimum atomic E-state index is -0.688. The highest BCUT2D eigenvalue weighted by Gasteiger charge is 2.35. The molecule has 0 fully saturated rings. The zero-order chi connectivity index (χ0) is 24.4. The summed E-state index contributed by atoms with van der Waals surface area (Å²) < 4.78 is 16.2. The monoisotopic (exact) mass is 469 g/mol. The van der Waals surface area contributed by atoms with Crippen LogP contribution in [0.4, 0.5) is 0 Å². The van der Waals surface area contributed by atoms with Crippen molar-refractivity contribution in [2.24, 2.45) is 5.10 Å². The smallest absolute Gasteiger partial charge is 0.344 e. The van der Waals surface area contributed by atoms with Crippen molar-refractivity contribution in [3.05, 3.63) is 101 Å². The van der Waals surface area contributed by atoms with Crippen LogP contribution in [-0.4, -0.2) is 34.4 Å². The lowest BCUT2D eigenvalue weighted by molar-refractivity contribution is -0.136. The highest BCUT2D eigenvalue weighted by atomic mass is 16.5. The second-order valence-electron chi connectivity index (χ2n) is 8.29. The van der Waals surface area contributed by atoms with Gasteiger partial charge in [0, 0.05) is 12.0 Å². The van der Waals surface area contributed by atoms with Crippen LogP contribution in [-0.2, 0) is 9.53 Å². The van der Waals surface area contributed by atoms with E-state index in [0.29, 0.717) is 29.2 Å². The molecular formula is C27H23N3O5. The molecule has 1 aliphatic heterocycles. The summed E-state index contributed by atoms with van der Waals surface area (Å²) in [6.45, 7) is 3.15. The van der Waals surface area contributed by atoms with E-state index < -0.39 is 24.5 Å². The summed E-state index contributed by atoms with van der Waals surface area (Å²) in [6, 6.07) is 20.3. The lowest BCUT2D eigenvalue weighted by Crippen LogP contribution is -2.31. The van der Waals surface area contributed by atoms with E-state index in [2.05, 4.69) is 10.3 Å². The summed E-state index contributed by atoms with van der Waals surface area (Å²) in [5.41, 5.74) is 4.09. The van der Waals surface area contributed by atoms with E-state index in [1.54, 1.807) is 25.3 Å². The van der Waals surface area contributed by atoms with Crippen LogP contribution in [0.25, 0.3) is 11.3 Å². The van der Waals surface area contributed by atoms with Gasteiger partial charge in [0.25, 0.3) is 5.91 Å². The van der Waals surface area contributed by atoms with Crippen molar-refractivity contribution >= 4 is 17.6 Å². The normalized spacial score (nSPS) is 15.2. The Kier molecular flexibility index (Phi) is 6.01. The molecule has 176 valence electrons. The third-order valence-corrected chi connectivity index (χ3v) is 5.86. The number of rotatable bonds is 6. The maximum Gasteiger partial charge on any atom is 0.344 e.